The minimum Gasteiger partial charge on any atom is -0.378 e. The molecule has 4 aromatic carbocycles. The van der Waals surface area contributed by atoms with Crippen LogP contribution in [0.25, 0.3) is 0 Å². The molecule has 0 N–H and O–H groups in total. The van der Waals surface area contributed by atoms with Crippen molar-refractivity contribution in [1.29, 1.82) is 0 Å². The van der Waals surface area contributed by atoms with Crippen molar-refractivity contribution in [1.82, 2.24) is 0 Å². The smallest absolute Gasteiger partial charge is 0.296 e. The molecule has 0 amide bonds. The van der Waals surface area contributed by atoms with Gasteiger partial charge in [0.05, 0.1) is 24.2 Å². The molecule has 0 aromatic heterocycles. The molecule has 0 fully saturated rings. The maximum Gasteiger partial charge on any atom is 0.296 e. The molecular formula is C33H36O5S. The van der Waals surface area contributed by atoms with Gasteiger partial charge in [0.15, 0.2) is 0 Å². The van der Waals surface area contributed by atoms with Gasteiger partial charge in [-0.2, -0.15) is 8.42 Å². The molecule has 0 aliphatic carbocycles. The zero-order valence-corrected chi connectivity index (χ0v) is 23.3. The minimum absolute atomic E-state index is 0.0680. The molecule has 0 spiro atoms. The summed E-state index contributed by atoms with van der Waals surface area (Å²) in [6.07, 6.45) is 1.08. The van der Waals surface area contributed by atoms with Crippen LogP contribution < -0.4 is 0 Å². The van der Waals surface area contributed by atoms with Gasteiger partial charge in [-0.1, -0.05) is 109 Å². The molecule has 0 heterocycles. The van der Waals surface area contributed by atoms with E-state index in [1.54, 1.807) is 24.3 Å². The van der Waals surface area contributed by atoms with E-state index >= 15 is 0 Å². The van der Waals surface area contributed by atoms with Crippen LogP contribution in [0, 0.1) is 6.92 Å². The number of aryl methyl sites for hydroxylation is 1. The Morgan fingerprint density at radius 3 is 1.64 bits per heavy atom. The van der Waals surface area contributed by atoms with Crippen molar-refractivity contribution in [2.24, 2.45) is 0 Å². The molecule has 39 heavy (non-hydrogen) atoms. The van der Waals surface area contributed by atoms with Gasteiger partial charge in [-0.05, 0) is 55.5 Å². The predicted octanol–water partition coefficient (Wildman–Crippen LogP) is 6.89. The molecule has 1 unspecified atom stereocenters. The maximum atomic E-state index is 12.3. The number of hydrogen-bond donors (Lipinski definition) is 0. The van der Waals surface area contributed by atoms with Crippen LogP contribution in [0.3, 0.4) is 0 Å². The van der Waals surface area contributed by atoms with Crippen molar-refractivity contribution in [3.63, 3.8) is 0 Å². The van der Waals surface area contributed by atoms with Gasteiger partial charge in [0.2, 0.25) is 0 Å². The first kappa shape index (κ1) is 28.7. The molecule has 1 atom stereocenters. The molecule has 0 aliphatic rings. The summed E-state index contributed by atoms with van der Waals surface area (Å²) in [5, 5.41) is 0. The minimum atomic E-state index is -3.76. The first-order valence-corrected chi connectivity index (χ1v) is 14.7. The lowest BCUT2D eigenvalue weighted by atomic mass is 9.80. The van der Waals surface area contributed by atoms with Gasteiger partial charge in [-0.3, -0.25) is 4.18 Å². The monoisotopic (exact) mass is 544 g/mol. The van der Waals surface area contributed by atoms with Gasteiger partial charge < -0.3 is 9.47 Å². The molecule has 0 saturated heterocycles. The lowest BCUT2D eigenvalue weighted by molar-refractivity contribution is -0.0197. The van der Waals surface area contributed by atoms with Crippen LogP contribution in [-0.4, -0.2) is 34.3 Å². The second-order valence-electron chi connectivity index (χ2n) is 9.54. The van der Waals surface area contributed by atoms with E-state index in [4.69, 9.17) is 13.7 Å². The van der Waals surface area contributed by atoms with Crippen molar-refractivity contribution in [2.75, 3.05) is 19.8 Å². The zero-order valence-electron chi connectivity index (χ0n) is 22.5. The highest BCUT2D eigenvalue weighted by molar-refractivity contribution is 7.86. The van der Waals surface area contributed by atoms with Gasteiger partial charge in [0, 0.05) is 6.61 Å². The van der Waals surface area contributed by atoms with Crippen molar-refractivity contribution in [3.8, 4) is 0 Å². The van der Waals surface area contributed by atoms with Crippen LogP contribution in [0.2, 0.25) is 0 Å². The summed E-state index contributed by atoms with van der Waals surface area (Å²) in [7, 11) is -3.76. The predicted molar refractivity (Wildman–Crippen MR) is 154 cm³/mol. The molecule has 0 aliphatic heterocycles. The molecule has 0 saturated carbocycles. The number of ether oxygens (including phenoxy) is 2. The maximum absolute atomic E-state index is 12.3. The fourth-order valence-corrected chi connectivity index (χ4v) is 5.46. The third-order valence-corrected chi connectivity index (χ3v) is 7.95. The Bertz CT molecular complexity index is 1280. The lowest BCUT2D eigenvalue weighted by Crippen LogP contribution is -2.34. The van der Waals surface area contributed by atoms with Gasteiger partial charge in [0.25, 0.3) is 10.1 Å². The molecule has 0 bridgehead atoms. The van der Waals surface area contributed by atoms with Crippen molar-refractivity contribution >= 4 is 10.1 Å². The van der Waals surface area contributed by atoms with Crippen LogP contribution in [0.1, 0.15) is 42.0 Å². The van der Waals surface area contributed by atoms with Crippen molar-refractivity contribution < 1.29 is 22.1 Å². The molecule has 5 nitrogen and oxygen atoms in total. The van der Waals surface area contributed by atoms with E-state index in [-0.39, 0.29) is 17.6 Å². The van der Waals surface area contributed by atoms with Crippen molar-refractivity contribution in [2.45, 2.75) is 43.3 Å². The Balaban J connectivity index is 1.35. The zero-order chi connectivity index (χ0) is 27.6. The van der Waals surface area contributed by atoms with Crippen LogP contribution in [-0.2, 0) is 29.4 Å². The Labute approximate surface area is 232 Å². The third-order valence-electron chi connectivity index (χ3n) is 6.62. The molecule has 0 radical (unpaired) electrons. The van der Waals surface area contributed by atoms with Gasteiger partial charge >= 0.3 is 0 Å². The normalized spacial score (nSPS) is 12.8. The second kappa shape index (κ2) is 13.7. The Morgan fingerprint density at radius 2 is 1.15 bits per heavy atom. The molecule has 6 heteroatoms. The van der Waals surface area contributed by atoms with Gasteiger partial charge in [-0.25, -0.2) is 0 Å². The quantitative estimate of drug-likeness (QED) is 0.0982. The number of hydrogen-bond acceptors (Lipinski definition) is 5. The van der Waals surface area contributed by atoms with Gasteiger partial charge in [-0.15, -0.1) is 0 Å². The Morgan fingerprint density at radius 1 is 0.667 bits per heavy atom. The first-order valence-electron chi connectivity index (χ1n) is 13.3. The lowest BCUT2D eigenvalue weighted by Gasteiger charge is -2.36. The average Bonchev–Trinajstić information content (AvgIpc) is 2.97. The fourth-order valence-electron chi connectivity index (χ4n) is 4.51. The highest BCUT2D eigenvalue weighted by Crippen LogP contribution is 2.40. The van der Waals surface area contributed by atoms with Gasteiger partial charge in [0.1, 0.15) is 5.60 Å². The molecule has 4 aromatic rings. The largest absolute Gasteiger partial charge is 0.378 e. The summed E-state index contributed by atoms with van der Waals surface area (Å²) in [6.45, 7) is 4.84. The summed E-state index contributed by atoms with van der Waals surface area (Å²) in [5.74, 6) is 0. The summed E-state index contributed by atoms with van der Waals surface area (Å²) in [5.41, 5.74) is 3.41. The van der Waals surface area contributed by atoms with Crippen LogP contribution in [0.15, 0.2) is 120 Å². The second-order valence-corrected chi connectivity index (χ2v) is 11.2. The topological polar surface area (TPSA) is 61.8 Å². The van der Waals surface area contributed by atoms with E-state index in [0.717, 1.165) is 22.3 Å². The van der Waals surface area contributed by atoms with E-state index in [9.17, 15) is 8.42 Å². The average molecular weight is 545 g/mol. The SMILES string of the molecule is Cc1ccc(S(=O)(=O)OCCCOC(C)CCOC(c2ccccc2)(c2ccccc2)c2ccccc2)cc1. The Kier molecular flexibility index (Phi) is 10.1. The highest BCUT2D eigenvalue weighted by Gasteiger charge is 2.37. The summed E-state index contributed by atoms with van der Waals surface area (Å²) in [6, 6.07) is 37.5. The standard InChI is InChI=1S/C33H36O5S/c1-27-19-21-32(22-20-27)39(34,35)38-25-12-24-36-28(2)23-26-37-33(29-13-6-3-7-14-29,30-15-8-4-9-16-30)31-17-10-5-11-18-31/h3-11,13-22,28H,12,23-26H2,1-2H3. The molecule has 4 rings (SSSR count). The summed E-state index contributed by atoms with van der Waals surface area (Å²) >= 11 is 0. The third kappa shape index (κ3) is 7.43. The summed E-state index contributed by atoms with van der Waals surface area (Å²) < 4.78 is 42.6. The fraction of sp³-hybridized carbons (Fsp3) is 0.273. The van der Waals surface area contributed by atoms with Crippen LogP contribution in [0.4, 0.5) is 0 Å². The van der Waals surface area contributed by atoms with E-state index in [1.807, 2.05) is 68.4 Å². The van der Waals surface area contributed by atoms with Crippen molar-refractivity contribution in [3.05, 3.63) is 138 Å². The molecular weight excluding hydrogens is 508 g/mol. The first-order chi connectivity index (χ1) is 18.9. The van der Waals surface area contributed by atoms with Crippen LogP contribution in [0.5, 0.6) is 0 Å². The van der Waals surface area contributed by atoms with E-state index in [2.05, 4.69) is 36.4 Å². The highest BCUT2D eigenvalue weighted by atomic mass is 32.2. The van der Waals surface area contributed by atoms with E-state index in [0.29, 0.717) is 26.1 Å². The number of benzene rings is 4. The number of rotatable bonds is 14. The van der Waals surface area contributed by atoms with Crippen LogP contribution >= 0.6 is 0 Å². The summed E-state index contributed by atoms with van der Waals surface area (Å²) in [4.78, 5) is 0.165. The Hall–Kier alpha value is -3.29. The molecule has 204 valence electrons. The van der Waals surface area contributed by atoms with E-state index < -0.39 is 15.7 Å². The van der Waals surface area contributed by atoms with E-state index in [1.165, 1.54) is 0 Å².